The lowest BCUT2D eigenvalue weighted by molar-refractivity contribution is -0.116. The van der Waals surface area contributed by atoms with Crippen LogP contribution in [0.2, 0.25) is 15.1 Å². The third-order valence-corrected chi connectivity index (χ3v) is 5.88. The number of methoxy groups -OCH3 is 1. The first kappa shape index (κ1) is 20.8. The van der Waals surface area contributed by atoms with E-state index in [-0.39, 0.29) is 9.92 Å². The first-order chi connectivity index (χ1) is 12.1. The average Bonchev–Trinajstić information content (AvgIpc) is 2.53. The van der Waals surface area contributed by atoms with Gasteiger partial charge >= 0.3 is 0 Å². The molecule has 0 aromatic heterocycles. The van der Waals surface area contributed by atoms with Gasteiger partial charge in [0, 0.05) is 22.8 Å². The van der Waals surface area contributed by atoms with E-state index in [1.807, 2.05) is 0 Å². The Morgan fingerprint density at radius 3 is 2.27 bits per heavy atom. The maximum Gasteiger partial charge on any atom is 0.243 e. The first-order valence-corrected chi connectivity index (χ1v) is 9.76. The molecule has 0 spiro atoms. The number of halogens is 3. The molecular formula is C16H15Cl3N2O4S. The lowest BCUT2D eigenvalue weighted by Crippen LogP contribution is -2.35. The summed E-state index contributed by atoms with van der Waals surface area (Å²) in [6.07, 6.45) is 0. The van der Waals surface area contributed by atoms with E-state index in [4.69, 9.17) is 39.5 Å². The number of nitrogens with one attached hydrogen (secondary N) is 1. The quantitative estimate of drug-likeness (QED) is 0.743. The van der Waals surface area contributed by atoms with Crippen LogP contribution in [0.1, 0.15) is 0 Å². The first-order valence-electron chi connectivity index (χ1n) is 7.19. The number of hydrogen-bond donors (Lipinski definition) is 1. The molecule has 6 nitrogen and oxygen atoms in total. The van der Waals surface area contributed by atoms with Crippen molar-refractivity contribution in [2.24, 2.45) is 0 Å². The summed E-state index contributed by atoms with van der Waals surface area (Å²) in [5, 5.41) is 3.40. The molecule has 1 amide bonds. The molecule has 10 heteroatoms. The second-order valence-electron chi connectivity index (χ2n) is 5.26. The van der Waals surface area contributed by atoms with Gasteiger partial charge in [-0.25, -0.2) is 8.42 Å². The maximum atomic E-state index is 12.6. The van der Waals surface area contributed by atoms with Gasteiger partial charge in [-0.3, -0.25) is 4.79 Å². The predicted octanol–water partition coefficient (Wildman–Crippen LogP) is 3.91. The maximum absolute atomic E-state index is 12.6. The fourth-order valence-corrected chi connectivity index (χ4v) is 4.10. The van der Waals surface area contributed by atoms with E-state index >= 15 is 0 Å². The Bertz CT molecular complexity index is 915. The van der Waals surface area contributed by atoms with Crippen LogP contribution in [0, 0.1) is 0 Å². The molecule has 0 radical (unpaired) electrons. The van der Waals surface area contributed by atoms with Crippen molar-refractivity contribution in [3.8, 4) is 5.75 Å². The minimum atomic E-state index is -3.91. The molecule has 26 heavy (non-hydrogen) atoms. The zero-order valence-corrected chi connectivity index (χ0v) is 16.9. The highest BCUT2D eigenvalue weighted by molar-refractivity contribution is 7.89. The summed E-state index contributed by atoms with van der Waals surface area (Å²) in [5.74, 6) is -0.196. The highest BCUT2D eigenvalue weighted by atomic mass is 35.5. The molecule has 1 N–H and O–H groups in total. The van der Waals surface area contributed by atoms with E-state index in [9.17, 15) is 13.2 Å². The molecule has 140 valence electrons. The second-order valence-corrected chi connectivity index (χ2v) is 8.59. The van der Waals surface area contributed by atoms with E-state index in [1.54, 1.807) is 0 Å². The molecule has 0 atom stereocenters. The summed E-state index contributed by atoms with van der Waals surface area (Å²) in [4.78, 5) is 12.1. The van der Waals surface area contributed by atoms with Crippen LogP contribution in [-0.4, -0.2) is 39.3 Å². The summed E-state index contributed by atoms with van der Waals surface area (Å²) in [5.41, 5.74) is 0.366. The van der Waals surface area contributed by atoms with Crippen LogP contribution in [0.15, 0.2) is 41.3 Å². The normalized spacial score (nSPS) is 11.5. The molecule has 0 bridgehead atoms. The van der Waals surface area contributed by atoms with E-state index in [0.29, 0.717) is 21.5 Å². The summed E-state index contributed by atoms with van der Waals surface area (Å²) < 4.78 is 31.1. The van der Waals surface area contributed by atoms with Crippen molar-refractivity contribution >= 4 is 56.4 Å². The fraction of sp³-hybridized carbons (Fsp3) is 0.188. The topological polar surface area (TPSA) is 75.7 Å². The van der Waals surface area contributed by atoms with Crippen molar-refractivity contribution in [1.29, 1.82) is 0 Å². The van der Waals surface area contributed by atoms with Gasteiger partial charge in [0.1, 0.15) is 5.75 Å². The predicted molar refractivity (Wildman–Crippen MR) is 103 cm³/mol. The van der Waals surface area contributed by atoms with Crippen LogP contribution in [0.5, 0.6) is 5.75 Å². The Hall–Kier alpha value is -1.51. The Labute approximate surface area is 166 Å². The van der Waals surface area contributed by atoms with Gasteiger partial charge < -0.3 is 10.1 Å². The van der Waals surface area contributed by atoms with Crippen LogP contribution in [0.25, 0.3) is 0 Å². The summed E-state index contributed by atoms with van der Waals surface area (Å²) >= 11 is 17.7. The number of carbonyl (C=O) groups is 1. The second kappa shape index (κ2) is 8.45. The van der Waals surface area contributed by atoms with E-state index in [0.717, 1.165) is 4.31 Å². The standard InChI is InChI=1S/C16H15Cl3N2O4S/c1-21(9-16(22)20-12-6-10(17)5-11(18)7-12)26(23,24)13-3-4-15(25-2)14(19)8-13/h3-8H,9H2,1-2H3,(H,20,22). The summed E-state index contributed by atoms with van der Waals surface area (Å²) in [6, 6.07) is 8.58. The molecule has 0 saturated carbocycles. The number of hydrogen-bond acceptors (Lipinski definition) is 4. The van der Waals surface area contributed by atoms with Gasteiger partial charge in [0.25, 0.3) is 0 Å². The van der Waals surface area contributed by atoms with Crippen molar-refractivity contribution < 1.29 is 17.9 Å². The van der Waals surface area contributed by atoms with Crippen LogP contribution < -0.4 is 10.1 Å². The van der Waals surface area contributed by atoms with Gasteiger partial charge in [-0.1, -0.05) is 34.8 Å². The minimum absolute atomic E-state index is 0.0515. The molecule has 2 rings (SSSR count). The number of nitrogens with zero attached hydrogens (tertiary/aromatic N) is 1. The van der Waals surface area contributed by atoms with Gasteiger partial charge in [0.15, 0.2) is 0 Å². The number of rotatable bonds is 6. The van der Waals surface area contributed by atoms with Crippen molar-refractivity contribution in [2.45, 2.75) is 4.90 Å². The van der Waals surface area contributed by atoms with E-state index in [1.165, 1.54) is 50.6 Å². The lowest BCUT2D eigenvalue weighted by atomic mass is 10.3. The third kappa shape index (κ3) is 5.02. The molecule has 0 unspecified atom stereocenters. The van der Waals surface area contributed by atoms with Gasteiger partial charge in [0.05, 0.1) is 23.6 Å². The number of likely N-dealkylation sites (N-methyl/N-ethyl adjacent to an activating group) is 1. The Morgan fingerprint density at radius 1 is 1.12 bits per heavy atom. The fourth-order valence-electron chi connectivity index (χ4n) is 2.10. The van der Waals surface area contributed by atoms with Gasteiger partial charge in [-0.05, 0) is 36.4 Å². The lowest BCUT2D eigenvalue weighted by Gasteiger charge is -2.17. The number of ether oxygens (including phenoxy) is 1. The third-order valence-electron chi connectivity index (χ3n) is 3.34. The highest BCUT2D eigenvalue weighted by Gasteiger charge is 2.24. The smallest absolute Gasteiger partial charge is 0.243 e. The SMILES string of the molecule is COc1ccc(S(=O)(=O)N(C)CC(=O)Nc2cc(Cl)cc(Cl)c2)cc1Cl. The van der Waals surface area contributed by atoms with Crippen molar-refractivity contribution in [2.75, 3.05) is 26.0 Å². The molecule has 2 aromatic carbocycles. The van der Waals surface area contributed by atoms with Gasteiger partial charge in [-0.15, -0.1) is 0 Å². The zero-order chi connectivity index (χ0) is 19.5. The largest absolute Gasteiger partial charge is 0.495 e. The monoisotopic (exact) mass is 436 g/mol. The van der Waals surface area contributed by atoms with Crippen molar-refractivity contribution in [3.05, 3.63) is 51.5 Å². The average molecular weight is 438 g/mol. The van der Waals surface area contributed by atoms with Gasteiger partial charge in [-0.2, -0.15) is 4.31 Å². The minimum Gasteiger partial charge on any atom is -0.495 e. The van der Waals surface area contributed by atoms with E-state index in [2.05, 4.69) is 5.32 Å². The molecular weight excluding hydrogens is 423 g/mol. The number of sulfonamides is 1. The van der Waals surface area contributed by atoms with E-state index < -0.39 is 22.5 Å². The van der Waals surface area contributed by atoms with Crippen LogP contribution in [0.4, 0.5) is 5.69 Å². The zero-order valence-electron chi connectivity index (χ0n) is 13.8. The molecule has 0 aliphatic rings. The Balaban J connectivity index is 2.13. The van der Waals surface area contributed by atoms with Crippen molar-refractivity contribution in [1.82, 2.24) is 4.31 Å². The number of carbonyl (C=O) groups excluding carboxylic acids is 1. The van der Waals surface area contributed by atoms with Gasteiger partial charge in [0.2, 0.25) is 15.9 Å². The molecule has 0 saturated heterocycles. The summed E-state index contributed by atoms with van der Waals surface area (Å²) in [6.45, 7) is -0.407. The Kier molecular flexibility index (Phi) is 6.76. The Morgan fingerprint density at radius 2 is 1.73 bits per heavy atom. The number of anilines is 1. The van der Waals surface area contributed by atoms with Crippen LogP contribution in [-0.2, 0) is 14.8 Å². The molecule has 0 aliphatic heterocycles. The summed E-state index contributed by atoms with van der Waals surface area (Å²) in [7, 11) is -1.20. The molecule has 2 aromatic rings. The van der Waals surface area contributed by atoms with Crippen LogP contribution in [0.3, 0.4) is 0 Å². The van der Waals surface area contributed by atoms with Crippen molar-refractivity contribution in [3.63, 3.8) is 0 Å². The molecule has 0 heterocycles. The number of benzene rings is 2. The molecule has 0 fully saturated rings. The van der Waals surface area contributed by atoms with Crippen LogP contribution >= 0.6 is 34.8 Å². The number of amides is 1. The molecule has 0 aliphatic carbocycles. The highest BCUT2D eigenvalue weighted by Crippen LogP contribution is 2.28.